The van der Waals surface area contributed by atoms with Gasteiger partial charge in [-0.3, -0.25) is 9.52 Å². The molecule has 0 aromatic heterocycles. The van der Waals surface area contributed by atoms with E-state index >= 15 is 0 Å². The lowest BCUT2D eigenvalue weighted by molar-refractivity contribution is -0.121. The van der Waals surface area contributed by atoms with Crippen molar-refractivity contribution < 1.29 is 13.2 Å². The molecule has 2 aromatic rings. The molecule has 0 radical (unpaired) electrons. The van der Waals surface area contributed by atoms with E-state index in [1.165, 1.54) is 11.1 Å². The lowest BCUT2D eigenvalue weighted by Crippen LogP contribution is -2.24. The number of nitrogens with one attached hydrogen (secondary N) is 2. The fourth-order valence-electron chi connectivity index (χ4n) is 2.57. The highest BCUT2D eigenvalue weighted by Gasteiger charge is 2.03. The van der Waals surface area contributed by atoms with Crippen molar-refractivity contribution in [1.29, 1.82) is 0 Å². The average Bonchev–Trinajstić information content (AvgIpc) is 2.58. The number of hydrogen-bond donors (Lipinski definition) is 2. The number of benzene rings is 2. The number of amides is 1. The van der Waals surface area contributed by atoms with E-state index in [2.05, 4.69) is 34.3 Å². The van der Waals surface area contributed by atoms with Crippen molar-refractivity contribution in [3.63, 3.8) is 0 Å². The normalized spacial score (nSPS) is 11.2. The van der Waals surface area contributed by atoms with Crippen LogP contribution in [0.15, 0.2) is 48.5 Å². The van der Waals surface area contributed by atoms with E-state index in [0.717, 1.165) is 31.1 Å². The Kier molecular flexibility index (Phi) is 7.21. The van der Waals surface area contributed by atoms with E-state index in [-0.39, 0.29) is 5.91 Å². The number of carbonyl (C=O) groups is 1. The van der Waals surface area contributed by atoms with Crippen LogP contribution in [0.25, 0.3) is 0 Å². The molecule has 0 aliphatic rings. The van der Waals surface area contributed by atoms with Gasteiger partial charge in [-0.05, 0) is 49.4 Å². The molecule has 0 aliphatic heterocycles. The summed E-state index contributed by atoms with van der Waals surface area (Å²) in [5.41, 5.74) is 4.06. The smallest absolute Gasteiger partial charge is 0.229 e. The van der Waals surface area contributed by atoms with Crippen molar-refractivity contribution in [2.45, 2.75) is 32.6 Å². The minimum absolute atomic E-state index is 0.0678. The van der Waals surface area contributed by atoms with Crippen LogP contribution in [0, 0.1) is 6.92 Å². The first-order chi connectivity index (χ1) is 12.3. The lowest BCUT2D eigenvalue weighted by Gasteiger charge is -2.07. The molecule has 0 spiro atoms. The van der Waals surface area contributed by atoms with Gasteiger partial charge in [0.1, 0.15) is 0 Å². The van der Waals surface area contributed by atoms with Crippen LogP contribution in [0.1, 0.15) is 29.5 Å². The summed E-state index contributed by atoms with van der Waals surface area (Å²) in [5, 5.41) is 2.95. The third-order valence-corrected chi connectivity index (χ3v) is 4.59. The molecule has 6 heteroatoms. The highest BCUT2D eigenvalue weighted by Crippen LogP contribution is 2.12. The first kappa shape index (κ1) is 20.0. The quantitative estimate of drug-likeness (QED) is 0.663. The van der Waals surface area contributed by atoms with Gasteiger partial charge in [0.15, 0.2) is 0 Å². The lowest BCUT2D eigenvalue weighted by atomic mass is 10.1. The van der Waals surface area contributed by atoms with E-state index in [1.807, 2.05) is 19.1 Å². The summed E-state index contributed by atoms with van der Waals surface area (Å²) in [5.74, 6) is 0.0678. The van der Waals surface area contributed by atoms with E-state index in [1.54, 1.807) is 12.1 Å². The Balaban J connectivity index is 1.65. The number of anilines is 1. The zero-order valence-electron chi connectivity index (χ0n) is 15.3. The van der Waals surface area contributed by atoms with Gasteiger partial charge in [0.05, 0.1) is 6.26 Å². The number of carbonyl (C=O) groups excluding carboxylic acids is 1. The summed E-state index contributed by atoms with van der Waals surface area (Å²) in [7, 11) is -3.25. The molecule has 26 heavy (non-hydrogen) atoms. The van der Waals surface area contributed by atoms with Gasteiger partial charge < -0.3 is 5.32 Å². The largest absolute Gasteiger partial charge is 0.356 e. The Bertz CT molecular complexity index is 813. The van der Waals surface area contributed by atoms with E-state index in [4.69, 9.17) is 0 Å². The standard InChI is InChI=1S/C20H26N2O3S/c1-16-5-7-18(8-6-16)11-14-20(23)21-15-3-4-17-9-12-19(13-10-17)22-26(2,24)25/h5-10,12-13,22H,3-4,11,14-15H2,1-2H3,(H,21,23). The van der Waals surface area contributed by atoms with Crippen LogP contribution in [0.2, 0.25) is 0 Å². The molecule has 0 fully saturated rings. The zero-order chi connectivity index (χ0) is 19.0. The van der Waals surface area contributed by atoms with Gasteiger partial charge in [0.25, 0.3) is 0 Å². The molecule has 0 saturated heterocycles. The Hall–Kier alpha value is -2.34. The van der Waals surface area contributed by atoms with Crippen molar-refractivity contribution >= 4 is 21.6 Å². The molecule has 1 amide bonds. The van der Waals surface area contributed by atoms with Crippen molar-refractivity contribution in [3.8, 4) is 0 Å². The fourth-order valence-corrected chi connectivity index (χ4v) is 3.14. The monoisotopic (exact) mass is 374 g/mol. The molecule has 0 heterocycles. The molecule has 2 aromatic carbocycles. The van der Waals surface area contributed by atoms with Gasteiger partial charge in [0, 0.05) is 18.7 Å². The second-order valence-corrected chi connectivity index (χ2v) is 8.26. The van der Waals surface area contributed by atoms with Crippen LogP contribution in [0.5, 0.6) is 0 Å². The summed E-state index contributed by atoms with van der Waals surface area (Å²) in [6.07, 6.45) is 4.05. The van der Waals surface area contributed by atoms with Crippen LogP contribution < -0.4 is 10.0 Å². The number of rotatable bonds is 9. The van der Waals surface area contributed by atoms with Gasteiger partial charge in [-0.15, -0.1) is 0 Å². The summed E-state index contributed by atoms with van der Waals surface area (Å²) in [4.78, 5) is 11.9. The maximum absolute atomic E-state index is 11.9. The molecule has 2 rings (SSSR count). The van der Waals surface area contributed by atoms with Gasteiger partial charge in [-0.1, -0.05) is 42.0 Å². The summed E-state index contributed by atoms with van der Waals surface area (Å²) in [6.45, 7) is 2.68. The maximum atomic E-state index is 11.9. The summed E-state index contributed by atoms with van der Waals surface area (Å²) >= 11 is 0. The zero-order valence-corrected chi connectivity index (χ0v) is 16.1. The highest BCUT2D eigenvalue weighted by atomic mass is 32.2. The SMILES string of the molecule is Cc1ccc(CCC(=O)NCCCc2ccc(NS(C)(=O)=O)cc2)cc1. The number of aryl methyl sites for hydroxylation is 3. The van der Waals surface area contributed by atoms with Crippen molar-refractivity contribution in [2.75, 3.05) is 17.5 Å². The number of sulfonamides is 1. The van der Waals surface area contributed by atoms with Crippen LogP contribution in [0.4, 0.5) is 5.69 Å². The molecular formula is C20H26N2O3S. The van der Waals surface area contributed by atoms with Crippen molar-refractivity contribution in [2.24, 2.45) is 0 Å². The maximum Gasteiger partial charge on any atom is 0.229 e. The second-order valence-electron chi connectivity index (χ2n) is 6.51. The highest BCUT2D eigenvalue weighted by molar-refractivity contribution is 7.92. The minimum Gasteiger partial charge on any atom is -0.356 e. The second kappa shape index (κ2) is 9.38. The van der Waals surface area contributed by atoms with Crippen LogP contribution in [-0.4, -0.2) is 27.1 Å². The minimum atomic E-state index is -3.25. The number of hydrogen-bond acceptors (Lipinski definition) is 3. The molecule has 0 bridgehead atoms. The van der Waals surface area contributed by atoms with Crippen LogP contribution in [0.3, 0.4) is 0 Å². The fraction of sp³-hybridized carbons (Fsp3) is 0.350. The Labute approximate surface area is 155 Å². The summed E-state index contributed by atoms with van der Waals surface area (Å²) in [6, 6.07) is 15.5. The van der Waals surface area contributed by atoms with E-state index < -0.39 is 10.0 Å². The molecule has 0 unspecified atom stereocenters. The average molecular weight is 375 g/mol. The van der Waals surface area contributed by atoms with Crippen molar-refractivity contribution in [1.82, 2.24) is 5.32 Å². The predicted octanol–water partition coefficient (Wildman–Crippen LogP) is 3.05. The Morgan fingerprint density at radius 3 is 2.12 bits per heavy atom. The molecular weight excluding hydrogens is 348 g/mol. The van der Waals surface area contributed by atoms with E-state index in [0.29, 0.717) is 18.7 Å². The van der Waals surface area contributed by atoms with Gasteiger partial charge in [0.2, 0.25) is 15.9 Å². The first-order valence-corrected chi connectivity index (χ1v) is 10.6. The topological polar surface area (TPSA) is 75.3 Å². The Morgan fingerprint density at radius 1 is 0.923 bits per heavy atom. The third kappa shape index (κ3) is 7.70. The van der Waals surface area contributed by atoms with Crippen LogP contribution in [-0.2, 0) is 27.7 Å². The predicted molar refractivity (Wildman–Crippen MR) is 106 cm³/mol. The van der Waals surface area contributed by atoms with E-state index in [9.17, 15) is 13.2 Å². The Morgan fingerprint density at radius 2 is 1.50 bits per heavy atom. The molecule has 5 nitrogen and oxygen atoms in total. The van der Waals surface area contributed by atoms with Gasteiger partial charge in [-0.2, -0.15) is 0 Å². The van der Waals surface area contributed by atoms with Gasteiger partial charge in [-0.25, -0.2) is 8.42 Å². The third-order valence-electron chi connectivity index (χ3n) is 3.98. The van der Waals surface area contributed by atoms with Crippen LogP contribution >= 0.6 is 0 Å². The van der Waals surface area contributed by atoms with Crippen molar-refractivity contribution in [3.05, 3.63) is 65.2 Å². The first-order valence-electron chi connectivity index (χ1n) is 8.71. The molecule has 0 atom stereocenters. The molecule has 0 aliphatic carbocycles. The summed E-state index contributed by atoms with van der Waals surface area (Å²) < 4.78 is 24.8. The molecule has 2 N–H and O–H groups in total. The molecule has 140 valence electrons. The molecule has 0 saturated carbocycles. The van der Waals surface area contributed by atoms with Gasteiger partial charge >= 0.3 is 0 Å².